The Morgan fingerprint density at radius 3 is 3.00 bits per heavy atom. The van der Waals surface area contributed by atoms with Crippen molar-refractivity contribution < 1.29 is 4.74 Å². The van der Waals surface area contributed by atoms with Gasteiger partial charge in [-0.15, -0.1) is 0 Å². The third-order valence-corrected chi connectivity index (χ3v) is 2.96. The molecular formula is C10H10N4O. The Morgan fingerprint density at radius 1 is 1.47 bits per heavy atom. The fraction of sp³-hybridized carbons (Fsp3) is 0.500. The van der Waals surface area contributed by atoms with Crippen LogP contribution in [0, 0.1) is 11.3 Å². The Morgan fingerprint density at radius 2 is 2.33 bits per heavy atom. The van der Waals surface area contributed by atoms with E-state index < -0.39 is 0 Å². The Bertz CT molecular complexity index is 428. The summed E-state index contributed by atoms with van der Waals surface area (Å²) in [4.78, 5) is 10.4. The average Bonchev–Trinajstić information content (AvgIpc) is 2.90. The quantitative estimate of drug-likeness (QED) is 0.656. The molecule has 0 spiro atoms. The molecule has 2 unspecified atom stereocenters. The second-order valence-electron chi connectivity index (χ2n) is 3.84. The topological polar surface area (TPSA) is 62.0 Å². The van der Waals surface area contributed by atoms with Crippen LogP contribution in [-0.4, -0.2) is 35.3 Å². The van der Waals surface area contributed by atoms with Gasteiger partial charge in [0.15, 0.2) is 11.5 Å². The second-order valence-corrected chi connectivity index (χ2v) is 3.84. The summed E-state index contributed by atoms with van der Waals surface area (Å²) in [7, 11) is 0. The summed E-state index contributed by atoms with van der Waals surface area (Å²) < 4.78 is 5.50. The molecule has 0 amide bonds. The largest absolute Gasteiger partial charge is 0.374 e. The van der Waals surface area contributed by atoms with E-state index in [4.69, 9.17) is 10.00 Å². The first kappa shape index (κ1) is 8.62. The molecule has 2 fully saturated rings. The Kier molecular flexibility index (Phi) is 1.82. The predicted molar refractivity (Wildman–Crippen MR) is 52.2 cm³/mol. The highest BCUT2D eigenvalue weighted by molar-refractivity contribution is 5.51. The van der Waals surface area contributed by atoms with Gasteiger partial charge in [0.25, 0.3) is 0 Å². The van der Waals surface area contributed by atoms with Gasteiger partial charge in [-0.3, -0.25) is 0 Å². The molecule has 5 nitrogen and oxygen atoms in total. The molecule has 0 N–H and O–H groups in total. The van der Waals surface area contributed by atoms with Crippen LogP contribution in [0.2, 0.25) is 0 Å². The maximum absolute atomic E-state index is 8.94. The lowest BCUT2D eigenvalue weighted by Gasteiger charge is -2.27. The number of nitriles is 1. The minimum Gasteiger partial charge on any atom is -0.374 e. The van der Waals surface area contributed by atoms with Gasteiger partial charge in [-0.1, -0.05) is 0 Å². The minimum absolute atomic E-state index is 0.309. The van der Waals surface area contributed by atoms with Crippen LogP contribution in [-0.2, 0) is 4.74 Å². The lowest BCUT2D eigenvalue weighted by Crippen LogP contribution is -2.38. The third-order valence-electron chi connectivity index (χ3n) is 2.96. The van der Waals surface area contributed by atoms with Gasteiger partial charge in [0.2, 0.25) is 0 Å². The van der Waals surface area contributed by atoms with Crippen molar-refractivity contribution in [1.82, 2.24) is 9.97 Å². The number of rotatable bonds is 1. The molecule has 2 bridgehead atoms. The number of nitrogens with zero attached hydrogens (tertiary/aromatic N) is 4. The molecule has 2 saturated heterocycles. The summed E-state index contributed by atoms with van der Waals surface area (Å²) in [5.74, 6) is 0.704. The van der Waals surface area contributed by atoms with E-state index in [0.717, 1.165) is 19.6 Å². The summed E-state index contributed by atoms with van der Waals surface area (Å²) in [6.45, 7) is 1.57. The van der Waals surface area contributed by atoms with Crippen molar-refractivity contribution in [3.05, 3.63) is 18.1 Å². The standard InChI is InChI=1S/C10H10N4O/c11-4-9-10(13-2-1-12-9)14-5-8-3-7(14)6-15-8/h1-2,7-8H,3,5-6H2. The van der Waals surface area contributed by atoms with Gasteiger partial charge in [-0.25, -0.2) is 9.97 Å². The summed E-state index contributed by atoms with van der Waals surface area (Å²) in [5.41, 5.74) is 0.407. The molecule has 0 aliphatic carbocycles. The molecule has 0 aromatic carbocycles. The maximum atomic E-state index is 8.94. The van der Waals surface area contributed by atoms with E-state index in [9.17, 15) is 0 Å². The monoisotopic (exact) mass is 202 g/mol. The van der Waals surface area contributed by atoms with E-state index in [1.54, 1.807) is 12.4 Å². The van der Waals surface area contributed by atoms with Crippen molar-refractivity contribution in [1.29, 1.82) is 5.26 Å². The molecular weight excluding hydrogens is 192 g/mol. The molecule has 76 valence electrons. The number of hydrogen-bond donors (Lipinski definition) is 0. The fourth-order valence-electron chi connectivity index (χ4n) is 2.28. The van der Waals surface area contributed by atoms with Gasteiger partial charge in [0.05, 0.1) is 18.8 Å². The van der Waals surface area contributed by atoms with Gasteiger partial charge in [-0.05, 0) is 6.42 Å². The van der Waals surface area contributed by atoms with Crippen LogP contribution in [0.3, 0.4) is 0 Å². The first-order chi connectivity index (χ1) is 7.38. The van der Waals surface area contributed by atoms with Crippen LogP contribution in [0.1, 0.15) is 12.1 Å². The Labute approximate surface area is 87.3 Å². The van der Waals surface area contributed by atoms with Crippen LogP contribution < -0.4 is 4.90 Å². The summed E-state index contributed by atoms with van der Waals surface area (Å²) in [6.07, 6.45) is 4.53. The second kappa shape index (κ2) is 3.17. The fourth-order valence-corrected chi connectivity index (χ4v) is 2.28. The minimum atomic E-state index is 0.309. The highest BCUT2D eigenvalue weighted by Gasteiger charge is 2.40. The van der Waals surface area contributed by atoms with E-state index in [1.807, 2.05) is 0 Å². The molecule has 1 aromatic rings. The molecule has 3 heterocycles. The number of ether oxygens (including phenoxy) is 1. The van der Waals surface area contributed by atoms with Gasteiger partial charge in [-0.2, -0.15) is 5.26 Å². The van der Waals surface area contributed by atoms with E-state index in [0.29, 0.717) is 23.7 Å². The van der Waals surface area contributed by atoms with Crippen LogP contribution in [0.5, 0.6) is 0 Å². The van der Waals surface area contributed by atoms with Crippen LogP contribution >= 0.6 is 0 Å². The van der Waals surface area contributed by atoms with E-state index in [-0.39, 0.29) is 0 Å². The SMILES string of the molecule is N#Cc1nccnc1N1CC2CC1CO2. The molecule has 3 rings (SSSR count). The van der Waals surface area contributed by atoms with E-state index in [1.165, 1.54) is 0 Å². The van der Waals surface area contributed by atoms with Gasteiger partial charge in [0, 0.05) is 18.9 Å². The normalized spacial score (nSPS) is 28.1. The maximum Gasteiger partial charge on any atom is 0.183 e. The highest BCUT2D eigenvalue weighted by Crippen LogP contribution is 2.32. The molecule has 1 aromatic heterocycles. The summed E-state index contributed by atoms with van der Waals surface area (Å²) in [5, 5.41) is 8.94. The van der Waals surface area contributed by atoms with Gasteiger partial charge >= 0.3 is 0 Å². The lowest BCUT2D eigenvalue weighted by molar-refractivity contribution is 0.0988. The summed E-state index contributed by atoms with van der Waals surface area (Å²) in [6, 6.07) is 2.45. The zero-order chi connectivity index (χ0) is 10.3. The first-order valence-corrected chi connectivity index (χ1v) is 4.98. The van der Waals surface area contributed by atoms with Crippen LogP contribution in [0.25, 0.3) is 0 Å². The number of hydrogen-bond acceptors (Lipinski definition) is 5. The number of anilines is 1. The zero-order valence-corrected chi connectivity index (χ0v) is 8.13. The van der Waals surface area contributed by atoms with Crippen LogP contribution in [0.15, 0.2) is 12.4 Å². The molecule has 2 aliphatic heterocycles. The van der Waals surface area contributed by atoms with Crippen molar-refractivity contribution >= 4 is 5.82 Å². The first-order valence-electron chi connectivity index (χ1n) is 4.98. The lowest BCUT2D eigenvalue weighted by atomic mass is 10.2. The molecule has 2 aliphatic rings. The Balaban J connectivity index is 1.97. The number of morpholine rings is 1. The average molecular weight is 202 g/mol. The summed E-state index contributed by atoms with van der Waals surface area (Å²) >= 11 is 0. The predicted octanol–water partition coefficient (Wildman–Crippen LogP) is 0.326. The van der Waals surface area contributed by atoms with Crippen molar-refractivity contribution in [2.45, 2.75) is 18.6 Å². The number of fused-ring (bicyclic) bond motifs is 2. The molecule has 15 heavy (non-hydrogen) atoms. The van der Waals surface area contributed by atoms with Crippen molar-refractivity contribution in [3.63, 3.8) is 0 Å². The Hall–Kier alpha value is -1.67. The van der Waals surface area contributed by atoms with Gasteiger partial charge < -0.3 is 9.64 Å². The highest BCUT2D eigenvalue weighted by atomic mass is 16.5. The molecule has 5 heteroatoms. The smallest absolute Gasteiger partial charge is 0.183 e. The zero-order valence-electron chi connectivity index (χ0n) is 8.13. The molecule has 2 atom stereocenters. The van der Waals surface area contributed by atoms with Gasteiger partial charge in [0.1, 0.15) is 6.07 Å². The van der Waals surface area contributed by atoms with Crippen molar-refractivity contribution in [2.24, 2.45) is 0 Å². The van der Waals surface area contributed by atoms with E-state index in [2.05, 4.69) is 20.9 Å². The number of aromatic nitrogens is 2. The third kappa shape index (κ3) is 1.26. The molecule has 0 saturated carbocycles. The van der Waals surface area contributed by atoms with Crippen molar-refractivity contribution in [2.75, 3.05) is 18.1 Å². The van der Waals surface area contributed by atoms with E-state index >= 15 is 0 Å². The van der Waals surface area contributed by atoms with Crippen molar-refractivity contribution in [3.8, 4) is 6.07 Å². The van der Waals surface area contributed by atoms with Crippen LogP contribution in [0.4, 0.5) is 5.82 Å². The molecule has 0 radical (unpaired) electrons.